The molecule has 1 aromatic rings. The van der Waals surface area contributed by atoms with Gasteiger partial charge in [-0.05, 0) is 31.3 Å². The predicted molar refractivity (Wildman–Crippen MR) is 172 cm³/mol. The summed E-state index contributed by atoms with van der Waals surface area (Å²) in [5, 5.41) is 2.80. The average Bonchev–Trinajstić information content (AvgIpc) is 3.40. The summed E-state index contributed by atoms with van der Waals surface area (Å²) in [6, 6.07) is 0. The van der Waals surface area contributed by atoms with Crippen LogP contribution in [0.1, 0.15) is 148 Å². The first-order valence-corrected chi connectivity index (χ1v) is 17.2. The van der Waals surface area contributed by atoms with E-state index in [2.05, 4.69) is 35.9 Å². The van der Waals surface area contributed by atoms with Crippen molar-refractivity contribution in [3.63, 3.8) is 0 Å². The smallest absolute Gasteiger partial charge is 0.407 e. The van der Waals surface area contributed by atoms with Crippen molar-refractivity contribution in [2.45, 2.75) is 155 Å². The van der Waals surface area contributed by atoms with Gasteiger partial charge in [0.15, 0.2) is 0 Å². The number of esters is 1. The van der Waals surface area contributed by atoms with Crippen molar-refractivity contribution in [2.75, 3.05) is 19.8 Å². The quantitative estimate of drug-likeness (QED) is 0.0377. The highest BCUT2D eigenvalue weighted by atomic mass is 127. The Morgan fingerprint density at radius 3 is 1.74 bits per heavy atom. The minimum absolute atomic E-state index is 0. The van der Waals surface area contributed by atoms with Crippen LogP contribution in [0.15, 0.2) is 30.9 Å². The van der Waals surface area contributed by atoms with Crippen LogP contribution in [0.3, 0.4) is 0 Å². The number of nitrogens with one attached hydrogen (secondary N) is 1. The summed E-state index contributed by atoms with van der Waals surface area (Å²) in [6.07, 6.45) is 32.8. The third-order valence-electron chi connectivity index (χ3n) is 7.77. The Balaban J connectivity index is 0.0000176. The zero-order chi connectivity index (χ0) is 30.5. The minimum Gasteiger partial charge on any atom is -1.00 e. The second kappa shape index (κ2) is 30.4. The molecule has 1 aromatic heterocycles. The van der Waals surface area contributed by atoms with Gasteiger partial charge in [0.2, 0.25) is 6.33 Å². The Hall–Kier alpha value is -1.58. The van der Waals surface area contributed by atoms with E-state index >= 15 is 0 Å². The first-order chi connectivity index (χ1) is 20.5. The fourth-order valence-corrected chi connectivity index (χ4v) is 5.11. The molecule has 0 spiro atoms. The van der Waals surface area contributed by atoms with E-state index in [9.17, 15) is 9.59 Å². The molecule has 7 nitrogen and oxygen atoms in total. The monoisotopic (exact) mass is 717 g/mol. The lowest BCUT2D eigenvalue weighted by atomic mass is 10.0. The van der Waals surface area contributed by atoms with Crippen molar-refractivity contribution >= 4 is 12.1 Å². The highest BCUT2D eigenvalue weighted by Crippen LogP contribution is 2.13. The number of rotatable bonds is 29. The summed E-state index contributed by atoms with van der Waals surface area (Å²) in [4.78, 5) is 23.8. The van der Waals surface area contributed by atoms with Crippen LogP contribution in [0.5, 0.6) is 0 Å². The molecule has 1 rings (SSSR count). The third-order valence-corrected chi connectivity index (χ3v) is 7.77. The molecular formula is C35H64IN3O4. The molecule has 0 atom stereocenters. The summed E-state index contributed by atoms with van der Waals surface area (Å²) in [5.41, 5.74) is 0.583. The number of carbonyl (C=O) groups excluding carboxylic acids is 2. The second-order valence-electron chi connectivity index (χ2n) is 12.1. The zero-order valence-corrected chi connectivity index (χ0v) is 29.9. The lowest BCUT2D eigenvalue weighted by Gasteiger charge is -2.10. The van der Waals surface area contributed by atoms with Crippen LogP contribution in [0, 0.1) is 0 Å². The molecule has 1 amide bonds. The Labute approximate surface area is 281 Å². The number of unbranched alkanes of at least 4 members (excludes halogenated alkanes) is 19. The fourth-order valence-electron chi connectivity index (χ4n) is 5.11. The maximum Gasteiger partial charge on any atom is 0.407 e. The van der Waals surface area contributed by atoms with Gasteiger partial charge in [0.25, 0.3) is 0 Å². The van der Waals surface area contributed by atoms with Gasteiger partial charge in [-0.3, -0.25) is 4.79 Å². The van der Waals surface area contributed by atoms with E-state index in [0.29, 0.717) is 18.5 Å². The molecule has 250 valence electrons. The van der Waals surface area contributed by atoms with E-state index in [4.69, 9.17) is 9.47 Å². The van der Waals surface area contributed by atoms with Gasteiger partial charge in [-0.2, -0.15) is 0 Å². The number of ether oxygens (including phenoxy) is 2. The van der Waals surface area contributed by atoms with Crippen LogP contribution in [0.2, 0.25) is 0 Å². The van der Waals surface area contributed by atoms with Crippen LogP contribution < -0.4 is 33.9 Å². The van der Waals surface area contributed by atoms with Crippen LogP contribution in [-0.4, -0.2) is 36.4 Å². The minimum atomic E-state index is -0.436. The van der Waals surface area contributed by atoms with Crippen molar-refractivity contribution < 1.29 is 47.6 Å². The average molecular weight is 718 g/mol. The van der Waals surface area contributed by atoms with E-state index in [1.165, 1.54) is 89.9 Å². The largest absolute Gasteiger partial charge is 1.00 e. The molecule has 0 aromatic carbocycles. The number of aromatic nitrogens is 2. The Morgan fingerprint density at radius 1 is 0.721 bits per heavy atom. The van der Waals surface area contributed by atoms with E-state index in [0.717, 1.165) is 51.5 Å². The van der Waals surface area contributed by atoms with Crippen LogP contribution >= 0.6 is 0 Å². The van der Waals surface area contributed by atoms with Crippen molar-refractivity contribution in [3.8, 4) is 0 Å². The number of carbonyl (C=O) groups is 2. The number of hydrogen-bond acceptors (Lipinski definition) is 4. The van der Waals surface area contributed by atoms with E-state index in [1.807, 2.05) is 17.8 Å². The molecule has 0 aliphatic heterocycles. The number of imidazole rings is 1. The Kier molecular flexibility index (Phi) is 29.3. The van der Waals surface area contributed by atoms with Crippen molar-refractivity contribution in [1.29, 1.82) is 0 Å². The lowest BCUT2D eigenvalue weighted by molar-refractivity contribution is -0.696. The van der Waals surface area contributed by atoms with E-state index in [-0.39, 0.29) is 43.2 Å². The van der Waals surface area contributed by atoms with Gasteiger partial charge in [0, 0.05) is 13.0 Å². The number of nitrogens with zero attached hydrogens (tertiary/aromatic N) is 2. The number of alkyl carbamates (subject to hydrolysis) is 1. The Morgan fingerprint density at radius 2 is 1.21 bits per heavy atom. The van der Waals surface area contributed by atoms with Crippen molar-refractivity contribution in [3.05, 3.63) is 30.9 Å². The standard InChI is InChI=1S/C35H63N3O4.HI/c1-4-5-6-7-8-9-10-11-12-13-14-15-16-17-20-23-26-36-35(40)42-31-33(2)30-41-34(39)25-22-19-18-21-24-27-38-29-28-37(3)32-38;/h28-29,32H,2,4-27,30-31H2,1,3H3;1H. The van der Waals surface area contributed by atoms with Gasteiger partial charge in [0.1, 0.15) is 25.6 Å². The summed E-state index contributed by atoms with van der Waals surface area (Å²) in [6.45, 7) is 7.95. The lowest BCUT2D eigenvalue weighted by Crippen LogP contribution is -3.00. The third kappa shape index (κ3) is 27.7. The molecule has 1 N–H and O–H groups in total. The molecule has 0 unspecified atom stereocenters. The van der Waals surface area contributed by atoms with Gasteiger partial charge in [-0.15, -0.1) is 0 Å². The summed E-state index contributed by atoms with van der Waals surface area (Å²) >= 11 is 0. The SMILES string of the molecule is C=C(COC(=O)CCCCCCC[n+]1ccn(C)c1)COC(=O)NCCCCCCCCCCCCCCCCCC.[I-]. The van der Waals surface area contributed by atoms with E-state index < -0.39 is 6.09 Å². The number of hydrogen-bond donors (Lipinski definition) is 1. The van der Waals surface area contributed by atoms with Crippen molar-refractivity contribution in [1.82, 2.24) is 9.88 Å². The van der Waals surface area contributed by atoms with Gasteiger partial charge in [-0.25, -0.2) is 13.9 Å². The summed E-state index contributed by atoms with van der Waals surface area (Å²) in [5.74, 6) is -0.219. The summed E-state index contributed by atoms with van der Waals surface area (Å²) in [7, 11) is 2.03. The molecule has 43 heavy (non-hydrogen) atoms. The molecule has 1 heterocycles. The molecule has 0 saturated heterocycles. The predicted octanol–water partition coefficient (Wildman–Crippen LogP) is 5.74. The van der Waals surface area contributed by atoms with Gasteiger partial charge >= 0.3 is 12.1 Å². The van der Waals surface area contributed by atoms with Crippen molar-refractivity contribution in [2.24, 2.45) is 7.05 Å². The molecule has 8 heteroatoms. The number of amides is 1. The zero-order valence-electron chi connectivity index (χ0n) is 27.7. The molecule has 0 bridgehead atoms. The first kappa shape index (κ1) is 41.4. The maximum atomic E-state index is 12.0. The summed E-state index contributed by atoms with van der Waals surface area (Å²) < 4.78 is 14.7. The molecule has 0 fully saturated rings. The number of halogens is 1. The van der Waals surface area contributed by atoms with Crippen LogP contribution in [0.25, 0.3) is 0 Å². The maximum absolute atomic E-state index is 12.0. The second-order valence-corrected chi connectivity index (χ2v) is 12.1. The van der Waals surface area contributed by atoms with Gasteiger partial charge in [-0.1, -0.05) is 123 Å². The van der Waals surface area contributed by atoms with Crippen LogP contribution in [-0.2, 0) is 27.9 Å². The molecular weight excluding hydrogens is 653 g/mol. The highest BCUT2D eigenvalue weighted by Gasteiger charge is 2.07. The topological polar surface area (TPSA) is 73.4 Å². The molecule has 0 aliphatic rings. The van der Waals surface area contributed by atoms with E-state index in [1.54, 1.807) is 0 Å². The Bertz CT molecular complexity index is 815. The molecule has 0 aliphatic carbocycles. The van der Waals surface area contributed by atoms with Gasteiger partial charge in [0.05, 0.1) is 13.6 Å². The molecule has 0 radical (unpaired) electrons. The van der Waals surface area contributed by atoms with Gasteiger partial charge < -0.3 is 38.8 Å². The van der Waals surface area contributed by atoms with Crippen LogP contribution in [0.4, 0.5) is 4.79 Å². The fraction of sp³-hybridized carbons (Fsp3) is 0.800. The normalized spacial score (nSPS) is 10.7. The molecule has 0 saturated carbocycles. The number of aryl methyl sites for hydroxylation is 2. The highest BCUT2D eigenvalue weighted by molar-refractivity contribution is 5.69. The first-order valence-electron chi connectivity index (χ1n) is 17.2.